The third-order valence-electron chi connectivity index (χ3n) is 1.05. The molecular formula is C7H8IN3. The summed E-state index contributed by atoms with van der Waals surface area (Å²) in [5.74, 6) is 4.98. The van der Waals surface area contributed by atoms with Crippen molar-refractivity contribution >= 4 is 30.9 Å². The largest absolute Gasteiger partial charge is 0.249 e. The van der Waals surface area contributed by atoms with E-state index in [9.17, 15) is 0 Å². The number of para-hydroxylation sites is 1. The van der Waals surface area contributed by atoms with Crippen LogP contribution in [0.1, 0.15) is 0 Å². The molecule has 3 nitrogen and oxygen atoms in total. The fourth-order valence-electron chi connectivity index (χ4n) is 0.617. The SMILES string of the molecule is NN=IC=Nc1ccccc1. The molecule has 0 heterocycles. The highest BCUT2D eigenvalue weighted by Gasteiger charge is 1.80. The fraction of sp³-hybridized carbons (Fsp3) is 0. The van der Waals surface area contributed by atoms with Crippen LogP contribution < -0.4 is 5.84 Å². The predicted molar refractivity (Wildman–Crippen MR) is 55.2 cm³/mol. The molecule has 0 amide bonds. The molecule has 0 bridgehead atoms. The molecule has 1 rings (SSSR count). The van der Waals surface area contributed by atoms with Gasteiger partial charge in [0.05, 0.1) is 30.9 Å². The summed E-state index contributed by atoms with van der Waals surface area (Å²) in [5, 5.41) is 0. The number of benzene rings is 1. The first-order valence-corrected chi connectivity index (χ1v) is 5.25. The summed E-state index contributed by atoms with van der Waals surface area (Å²) in [5.41, 5.74) is 0.954. The van der Waals surface area contributed by atoms with Gasteiger partial charge in [0, 0.05) is 0 Å². The third kappa shape index (κ3) is 3.33. The maximum atomic E-state index is 4.98. The molecule has 0 saturated heterocycles. The van der Waals surface area contributed by atoms with Crippen LogP contribution in [0.2, 0.25) is 0 Å². The molecule has 0 aliphatic rings. The molecule has 0 aliphatic carbocycles. The lowest BCUT2D eigenvalue weighted by molar-refractivity contribution is 1.32. The Balaban J connectivity index is 2.64. The van der Waals surface area contributed by atoms with Gasteiger partial charge in [-0.15, -0.1) is 0 Å². The highest BCUT2D eigenvalue weighted by atomic mass is 127. The summed E-state index contributed by atoms with van der Waals surface area (Å²) >= 11 is -0.387. The number of hydrogen-bond acceptors (Lipinski definition) is 3. The van der Waals surface area contributed by atoms with Crippen LogP contribution in [0, 0.1) is 0 Å². The average Bonchev–Trinajstić information content (AvgIpc) is 2.07. The standard InChI is InChI=1S/C7H8IN3/c9-11-8-6-10-7-4-2-1-3-5-7/h1-6H,9H2. The summed E-state index contributed by atoms with van der Waals surface area (Å²) in [7, 11) is 0. The minimum absolute atomic E-state index is 0.387. The van der Waals surface area contributed by atoms with E-state index in [1.165, 1.54) is 0 Å². The van der Waals surface area contributed by atoms with Crippen LogP contribution in [0.15, 0.2) is 38.6 Å². The van der Waals surface area contributed by atoms with Gasteiger partial charge in [-0.2, -0.15) is 3.25 Å². The Hall–Kier alpha value is -0.620. The molecule has 0 aromatic heterocycles. The van der Waals surface area contributed by atoms with Crippen LogP contribution in [0.4, 0.5) is 5.69 Å². The van der Waals surface area contributed by atoms with Crippen molar-refractivity contribution in [2.24, 2.45) is 14.1 Å². The van der Waals surface area contributed by atoms with Crippen molar-refractivity contribution in [2.75, 3.05) is 0 Å². The van der Waals surface area contributed by atoms with Crippen molar-refractivity contribution in [2.45, 2.75) is 0 Å². The number of rotatable bonds is 2. The van der Waals surface area contributed by atoms with E-state index in [-0.39, 0.29) is 21.0 Å². The quantitative estimate of drug-likeness (QED) is 0.378. The van der Waals surface area contributed by atoms with E-state index >= 15 is 0 Å². The Bertz CT molecular complexity index is 256. The van der Waals surface area contributed by atoms with Gasteiger partial charge in [-0.05, 0) is 12.1 Å². The van der Waals surface area contributed by atoms with Crippen LogP contribution in [-0.4, -0.2) is 4.22 Å². The highest BCUT2D eigenvalue weighted by Crippen LogP contribution is 2.09. The molecular weight excluding hydrogens is 253 g/mol. The Labute approximate surface area is 75.5 Å². The first-order chi connectivity index (χ1) is 5.43. The smallest absolute Gasteiger partial charge is 0.0794 e. The topological polar surface area (TPSA) is 50.7 Å². The maximum Gasteiger partial charge on any atom is 0.0794 e. The number of hydrogen-bond donors (Lipinski definition) is 1. The zero-order chi connectivity index (χ0) is 7.94. The average molecular weight is 261 g/mol. The molecule has 58 valence electrons. The molecule has 1 aromatic carbocycles. The predicted octanol–water partition coefficient (Wildman–Crippen LogP) is 2.37. The van der Waals surface area contributed by atoms with Gasteiger partial charge < -0.3 is 0 Å². The molecule has 0 spiro atoms. The van der Waals surface area contributed by atoms with Crippen molar-refractivity contribution < 1.29 is 0 Å². The molecule has 1 aromatic rings. The Morgan fingerprint density at radius 2 is 2.00 bits per heavy atom. The van der Waals surface area contributed by atoms with Gasteiger partial charge in [0.15, 0.2) is 0 Å². The van der Waals surface area contributed by atoms with E-state index in [0.717, 1.165) is 5.69 Å². The van der Waals surface area contributed by atoms with E-state index < -0.39 is 0 Å². The number of aliphatic imine (C=N–C) groups is 1. The number of nitrogens with two attached hydrogens (primary N) is 1. The summed E-state index contributed by atoms with van der Waals surface area (Å²) in [6, 6.07) is 9.74. The minimum Gasteiger partial charge on any atom is -0.249 e. The van der Waals surface area contributed by atoms with Gasteiger partial charge in [0.2, 0.25) is 0 Å². The van der Waals surface area contributed by atoms with E-state index in [4.69, 9.17) is 5.84 Å². The van der Waals surface area contributed by atoms with Gasteiger partial charge in [0.25, 0.3) is 0 Å². The second-order valence-electron chi connectivity index (χ2n) is 1.76. The van der Waals surface area contributed by atoms with Gasteiger partial charge in [-0.3, -0.25) is 0 Å². The highest BCUT2D eigenvalue weighted by molar-refractivity contribution is 14.2. The summed E-state index contributed by atoms with van der Waals surface area (Å²) in [6.07, 6.45) is 0. The third-order valence-corrected chi connectivity index (χ3v) is 1.90. The van der Waals surface area contributed by atoms with Gasteiger partial charge in [-0.25, -0.2) is 10.8 Å². The first-order valence-electron chi connectivity index (χ1n) is 3.04. The molecule has 0 aliphatic heterocycles. The van der Waals surface area contributed by atoms with Crippen LogP contribution in [0.25, 0.3) is 0 Å². The van der Waals surface area contributed by atoms with Crippen molar-refractivity contribution in [3.8, 4) is 0 Å². The second-order valence-corrected chi connectivity index (χ2v) is 3.43. The molecule has 11 heavy (non-hydrogen) atoms. The molecule has 0 unspecified atom stereocenters. The Kier molecular flexibility index (Phi) is 3.92. The van der Waals surface area contributed by atoms with Crippen molar-refractivity contribution in [3.05, 3.63) is 30.3 Å². The summed E-state index contributed by atoms with van der Waals surface area (Å²) < 4.78 is 5.30. The lowest BCUT2D eigenvalue weighted by atomic mass is 10.3. The zero-order valence-electron chi connectivity index (χ0n) is 5.81. The van der Waals surface area contributed by atoms with E-state index in [1.54, 1.807) is 4.22 Å². The molecule has 0 fully saturated rings. The van der Waals surface area contributed by atoms with Crippen LogP contribution >= 0.6 is 21.0 Å². The van der Waals surface area contributed by atoms with Gasteiger partial charge in [-0.1, -0.05) is 18.2 Å². The van der Waals surface area contributed by atoms with Crippen molar-refractivity contribution in [3.63, 3.8) is 0 Å². The summed E-state index contributed by atoms with van der Waals surface area (Å²) in [6.45, 7) is 0. The molecule has 0 radical (unpaired) electrons. The fourth-order valence-corrected chi connectivity index (χ4v) is 1.21. The number of halogens is 1. The minimum atomic E-state index is -0.387. The van der Waals surface area contributed by atoms with Crippen LogP contribution in [0.3, 0.4) is 0 Å². The van der Waals surface area contributed by atoms with E-state index in [1.807, 2.05) is 30.3 Å². The Morgan fingerprint density at radius 1 is 1.27 bits per heavy atom. The second kappa shape index (κ2) is 5.09. The zero-order valence-corrected chi connectivity index (χ0v) is 7.97. The molecule has 0 atom stereocenters. The normalized spacial score (nSPS) is 12.1. The van der Waals surface area contributed by atoms with E-state index in [2.05, 4.69) is 8.25 Å². The monoisotopic (exact) mass is 261 g/mol. The van der Waals surface area contributed by atoms with Gasteiger partial charge in [0.1, 0.15) is 0 Å². The summed E-state index contributed by atoms with van der Waals surface area (Å²) in [4.78, 5) is 4.15. The Morgan fingerprint density at radius 3 is 2.64 bits per heavy atom. The van der Waals surface area contributed by atoms with Crippen LogP contribution in [-0.2, 0) is 0 Å². The molecule has 0 saturated carbocycles. The maximum absolute atomic E-state index is 4.98. The lowest BCUT2D eigenvalue weighted by Crippen LogP contribution is -1.68. The van der Waals surface area contributed by atoms with Crippen molar-refractivity contribution in [1.29, 1.82) is 0 Å². The lowest BCUT2D eigenvalue weighted by Gasteiger charge is -1.86. The molecule has 2 N–H and O–H groups in total. The van der Waals surface area contributed by atoms with Gasteiger partial charge >= 0.3 is 0 Å². The van der Waals surface area contributed by atoms with Crippen molar-refractivity contribution in [1.82, 2.24) is 0 Å². The number of nitrogens with zero attached hydrogens (tertiary/aromatic N) is 2. The molecule has 4 heteroatoms. The first kappa shape index (κ1) is 8.48. The van der Waals surface area contributed by atoms with Crippen LogP contribution in [0.5, 0.6) is 0 Å². The van der Waals surface area contributed by atoms with E-state index in [0.29, 0.717) is 0 Å².